The van der Waals surface area contributed by atoms with Gasteiger partial charge in [0.2, 0.25) is 0 Å². The molecule has 0 radical (unpaired) electrons. The fourth-order valence-corrected chi connectivity index (χ4v) is 0.998. The molecule has 0 saturated carbocycles. The molecule has 0 aliphatic rings. The summed E-state index contributed by atoms with van der Waals surface area (Å²) in [5.41, 5.74) is 0.881. The monoisotopic (exact) mass is 195 g/mol. The summed E-state index contributed by atoms with van der Waals surface area (Å²) in [4.78, 5) is 0. The van der Waals surface area contributed by atoms with Crippen LogP contribution in [-0.2, 0) is 5.88 Å². The number of hydrogen-bond acceptors (Lipinski definition) is 2. The minimum Gasteiger partial charge on any atom is -0.363 e. The quantitative estimate of drug-likeness (QED) is 0.644. The minimum atomic E-state index is 0.435. The van der Waals surface area contributed by atoms with Crippen molar-refractivity contribution in [3.05, 3.63) is 16.4 Å². The predicted molar refractivity (Wildman–Crippen MR) is 33.8 cm³/mol. The maximum atomic E-state index is 5.44. The van der Waals surface area contributed by atoms with E-state index in [1.165, 1.54) is 6.26 Å². The highest BCUT2D eigenvalue weighted by Crippen LogP contribution is 2.14. The number of rotatable bonds is 1. The van der Waals surface area contributed by atoms with Crippen LogP contribution in [-0.4, -0.2) is 5.16 Å². The molecule has 0 amide bonds. The molecule has 0 unspecified atom stereocenters. The van der Waals surface area contributed by atoms with Gasteiger partial charge in [0, 0.05) is 5.56 Å². The molecule has 1 rings (SSSR count). The van der Waals surface area contributed by atoms with Gasteiger partial charge in [0.05, 0.1) is 5.88 Å². The Hall–Kier alpha value is -0.0200. The molecule has 1 aromatic rings. The molecule has 8 heavy (non-hydrogen) atoms. The zero-order valence-electron chi connectivity index (χ0n) is 3.90. The lowest BCUT2D eigenvalue weighted by molar-refractivity contribution is 0.415. The fraction of sp³-hybridized carbons (Fsp3) is 0.250. The van der Waals surface area contributed by atoms with Crippen molar-refractivity contribution in [3.8, 4) is 0 Å². The maximum absolute atomic E-state index is 5.44. The molecule has 0 spiro atoms. The van der Waals surface area contributed by atoms with Crippen LogP contribution in [0.25, 0.3) is 0 Å². The summed E-state index contributed by atoms with van der Waals surface area (Å²) in [5.74, 6) is 0.435. The first-order chi connectivity index (χ1) is 3.84. The fourth-order valence-electron chi connectivity index (χ4n) is 0.330. The van der Waals surface area contributed by atoms with E-state index in [1.54, 1.807) is 0 Å². The number of alkyl halides is 1. The smallest absolute Gasteiger partial charge is 0.153 e. The lowest BCUT2D eigenvalue weighted by Crippen LogP contribution is -1.70. The molecule has 44 valence electrons. The van der Waals surface area contributed by atoms with Gasteiger partial charge in [-0.2, -0.15) is 0 Å². The molecule has 4 heteroatoms. The average molecular weight is 196 g/mol. The summed E-state index contributed by atoms with van der Waals surface area (Å²) in [7, 11) is 0. The van der Waals surface area contributed by atoms with Crippen LogP contribution in [0.3, 0.4) is 0 Å². The van der Waals surface area contributed by atoms with Crippen molar-refractivity contribution in [2.75, 3.05) is 0 Å². The number of hydrogen-bond donors (Lipinski definition) is 0. The SMILES string of the molecule is ClCc1conc1Br. The molecule has 0 bridgehead atoms. The van der Waals surface area contributed by atoms with Crippen LogP contribution in [0.4, 0.5) is 0 Å². The third-order valence-electron chi connectivity index (χ3n) is 0.737. The van der Waals surface area contributed by atoms with E-state index < -0.39 is 0 Å². The second-order valence-corrected chi connectivity index (χ2v) is 2.28. The van der Waals surface area contributed by atoms with Gasteiger partial charge in [0.25, 0.3) is 0 Å². The lowest BCUT2D eigenvalue weighted by atomic mass is 10.4. The van der Waals surface area contributed by atoms with Gasteiger partial charge >= 0.3 is 0 Å². The highest BCUT2D eigenvalue weighted by Gasteiger charge is 1.99. The Morgan fingerprint density at radius 2 is 2.62 bits per heavy atom. The second kappa shape index (κ2) is 2.51. The van der Waals surface area contributed by atoms with Crippen LogP contribution in [0, 0.1) is 0 Å². The molecule has 0 saturated heterocycles. The van der Waals surface area contributed by atoms with Gasteiger partial charge in [-0.25, -0.2) is 0 Å². The van der Waals surface area contributed by atoms with Gasteiger partial charge in [-0.05, 0) is 15.9 Å². The van der Waals surface area contributed by atoms with E-state index in [-0.39, 0.29) is 0 Å². The molecular formula is C4H3BrClNO. The Bertz CT molecular complexity index is 176. The van der Waals surface area contributed by atoms with Gasteiger partial charge in [-0.1, -0.05) is 5.16 Å². The van der Waals surface area contributed by atoms with Crippen molar-refractivity contribution in [3.63, 3.8) is 0 Å². The van der Waals surface area contributed by atoms with Crippen molar-refractivity contribution in [1.29, 1.82) is 0 Å². The normalized spacial score (nSPS) is 9.75. The number of nitrogens with zero attached hydrogens (tertiary/aromatic N) is 1. The molecule has 2 nitrogen and oxygen atoms in total. The van der Waals surface area contributed by atoms with E-state index in [4.69, 9.17) is 11.6 Å². The predicted octanol–water partition coefficient (Wildman–Crippen LogP) is 2.18. The zero-order valence-corrected chi connectivity index (χ0v) is 6.24. The summed E-state index contributed by atoms with van der Waals surface area (Å²) in [5, 5.41) is 3.54. The first-order valence-corrected chi connectivity index (χ1v) is 3.32. The van der Waals surface area contributed by atoms with E-state index in [9.17, 15) is 0 Å². The summed E-state index contributed by atoms with van der Waals surface area (Å²) < 4.78 is 5.24. The van der Waals surface area contributed by atoms with Crippen molar-refractivity contribution < 1.29 is 4.52 Å². The van der Waals surface area contributed by atoms with E-state index in [1.807, 2.05) is 0 Å². The van der Waals surface area contributed by atoms with Crippen molar-refractivity contribution >= 4 is 27.5 Å². The molecule has 0 N–H and O–H groups in total. The third kappa shape index (κ3) is 1.03. The minimum absolute atomic E-state index is 0.435. The van der Waals surface area contributed by atoms with Crippen LogP contribution in [0.15, 0.2) is 15.4 Å². The van der Waals surface area contributed by atoms with Crippen LogP contribution >= 0.6 is 27.5 Å². The van der Waals surface area contributed by atoms with E-state index in [2.05, 4.69) is 25.6 Å². The highest BCUT2D eigenvalue weighted by molar-refractivity contribution is 9.10. The second-order valence-electron chi connectivity index (χ2n) is 1.26. The summed E-state index contributed by atoms with van der Waals surface area (Å²) in [6.45, 7) is 0. The first kappa shape index (κ1) is 6.11. The van der Waals surface area contributed by atoms with Gasteiger partial charge in [-0.3, -0.25) is 0 Å². The van der Waals surface area contributed by atoms with E-state index in [0.717, 1.165) is 5.56 Å². The zero-order chi connectivity index (χ0) is 5.98. The topological polar surface area (TPSA) is 26.0 Å². The molecule has 0 aliphatic heterocycles. The standard InChI is InChI=1S/C4H3BrClNO/c5-4-3(1-6)2-8-7-4/h2H,1H2. The van der Waals surface area contributed by atoms with E-state index in [0.29, 0.717) is 10.5 Å². The van der Waals surface area contributed by atoms with Crippen LogP contribution < -0.4 is 0 Å². The average Bonchev–Trinajstić information content (AvgIpc) is 2.14. The largest absolute Gasteiger partial charge is 0.363 e. The molecule has 0 aliphatic carbocycles. The Balaban J connectivity index is 2.92. The van der Waals surface area contributed by atoms with Crippen LogP contribution in [0.5, 0.6) is 0 Å². The number of halogens is 2. The van der Waals surface area contributed by atoms with Gasteiger partial charge in [0.1, 0.15) is 6.26 Å². The molecule has 0 atom stereocenters. The van der Waals surface area contributed by atoms with Crippen molar-refractivity contribution in [1.82, 2.24) is 5.16 Å². The first-order valence-electron chi connectivity index (χ1n) is 1.99. The van der Waals surface area contributed by atoms with Crippen molar-refractivity contribution in [2.45, 2.75) is 5.88 Å². The molecule has 1 aromatic heterocycles. The van der Waals surface area contributed by atoms with E-state index >= 15 is 0 Å². The molecule has 0 aromatic carbocycles. The Morgan fingerprint density at radius 3 is 2.88 bits per heavy atom. The highest BCUT2D eigenvalue weighted by atomic mass is 79.9. The maximum Gasteiger partial charge on any atom is 0.153 e. The Morgan fingerprint density at radius 1 is 1.88 bits per heavy atom. The van der Waals surface area contributed by atoms with Crippen molar-refractivity contribution in [2.24, 2.45) is 0 Å². The van der Waals surface area contributed by atoms with Crippen LogP contribution in [0.2, 0.25) is 0 Å². The molecular weight excluding hydrogens is 193 g/mol. The van der Waals surface area contributed by atoms with Crippen LogP contribution in [0.1, 0.15) is 5.56 Å². The molecule has 0 fully saturated rings. The number of aromatic nitrogens is 1. The summed E-state index contributed by atoms with van der Waals surface area (Å²) in [6, 6.07) is 0. The summed E-state index contributed by atoms with van der Waals surface area (Å²) in [6.07, 6.45) is 1.51. The lowest BCUT2D eigenvalue weighted by Gasteiger charge is -1.79. The third-order valence-corrected chi connectivity index (χ3v) is 1.68. The van der Waals surface area contributed by atoms with Gasteiger partial charge < -0.3 is 4.52 Å². The Labute approximate surface area is 59.9 Å². The summed E-state index contributed by atoms with van der Waals surface area (Å²) >= 11 is 8.58. The Kier molecular flexibility index (Phi) is 1.91. The molecule has 1 heterocycles. The van der Waals surface area contributed by atoms with Gasteiger partial charge in [0.15, 0.2) is 4.60 Å². The van der Waals surface area contributed by atoms with Gasteiger partial charge in [-0.15, -0.1) is 11.6 Å².